The average molecular weight is 230 g/mol. The van der Waals surface area contributed by atoms with Gasteiger partial charge in [-0.1, -0.05) is 13.0 Å². The number of allylic oxidation sites excluding steroid dienone is 1. The van der Waals surface area contributed by atoms with Crippen molar-refractivity contribution in [1.82, 2.24) is 0 Å². The average Bonchev–Trinajstić information content (AvgIpc) is 1.78. The Morgan fingerprint density at radius 3 is 2.60 bits per heavy atom. The molecule has 0 bridgehead atoms. The van der Waals surface area contributed by atoms with Gasteiger partial charge in [-0.2, -0.15) is 20.5 Å². The molecule has 0 rings (SSSR count). The largest absolute Gasteiger partial charge is 0.319 e. The van der Waals surface area contributed by atoms with Gasteiger partial charge in [0.2, 0.25) is 0 Å². The summed E-state index contributed by atoms with van der Waals surface area (Å²) in [7, 11) is 0. The summed E-state index contributed by atoms with van der Waals surface area (Å²) in [5, 5.41) is 0. The van der Waals surface area contributed by atoms with Crippen molar-refractivity contribution in [2.75, 3.05) is 5.75 Å². The zero-order valence-corrected chi connectivity index (χ0v) is 7.88. The maximum Gasteiger partial charge on any atom is 0.319 e. The van der Waals surface area contributed by atoms with E-state index in [1.165, 1.54) is 17.8 Å². The standard InChI is InChI=1S/C6H8BrF2S/c1-2-10-5-3-4-6(7,8)9/h2-4H,5H2,1H3/b4-3+. The van der Waals surface area contributed by atoms with Crippen LogP contribution in [0.1, 0.15) is 6.92 Å². The lowest BCUT2D eigenvalue weighted by molar-refractivity contribution is 0.171. The minimum absolute atomic E-state index is 0.595. The Balaban J connectivity index is 3.37. The third kappa shape index (κ3) is 8.43. The summed E-state index contributed by atoms with van der Waals surface area (Å²) in [6.45, 7) is 1.87. The highest BCUT2D eigenvalue weighted by Gasteiger charge is 2.17. The van der Waals surface area contributed by atoms with Gasteiger partial charge < -0.3 is 0 Å². The second kappa shape index (κ2) is 5.13. The van der Waals surface area contributed by atoms with Crippen LogP contribution in [0.4, 0.5) is 8.78 Å². The van der Waals surface area contributed by atoms with Crippen LogP contribution in [0.25, 0.3) is 0 Å². The predicted octanol–water partition coefficient (Wildman–Crippen LogP) is 3.45. The van der Waals surface area contributed by atoms with Gasteiger partial charge in [0.25, 0.3) is 0 Å². The third-order valence-corrected chi connectivity index (χ3v) is 1.65. The quantitative estimate of drug-likeness (QED) is 0.405. The molecule has 0 atom stereocenters. The van der Waals surface area contributed by atoms with E-state index in [1.807, 2.05) is 12.7 Å². The van der Waals surface area contributed by atoms with Crippen LogP contribution in [0.15, 0.2) is 12.2 Å². The van der Waals surface area contributed by atoms with Crippen LogP contribution in [0.2, 0.25) is 0 Å². The first-order chi connectivity index (χ1) is 4.56. The number of hydrogen-bond donors (Lipinski definition) is 0. The molecule has 0 saturated carbocycles. The van der Waals surface area contributed by atoms with Gasteiger partial charge in [-0.3, -0.25) is 0 Å². The molecule has 59 valence electrons. The minimum atomic E-state index is -2.85. The van der Waals surface area contributed by atoms with Gasteiger partial charge in [-0.15, -0.1) is 0 Å². The fourth-order valence-electron chi connectivity index (χ4n) is 0.334. The first-order valence-corrected chi connectivity index (χ1v) is 4.54. The maximum atomic E-state index is 12.0. The summed E-state index contributed by atoms with van der Waals surface area (Å²) in [5.41, 5.74) is 0. The van der Waals surface area contributed by atoms with Gasteiger partial charge in [0, 0.05) is 11.5 Å². The number of thioether (sulfide) groups is 1. The van der Waals surface area contributed by atoms with Crippen LogP contribution in [0, 0.1) is 5.75 Å². The Kier molecular flexibility index (Phi) is 5.35. The van der Waals surface area contributed by atoms with E-state index in [0.29, 0.717) is 5.75 Å². The molecule has 1 radical (unpaired) electrons. The lowest BCUT2D eigenvalue weighted by atomic mass is 10.5. The smallest absolute Gasteiger partial charge is 0.189 e. The summed E-state index contributed by atoms with van der Waals surface area (Å²) < 4.78 is 23.9. The van der Waals surface area contributed by atoms with Crippen molar-refractivity contribution < 1.29 is 8.78 Å². The molecule has 0 aromatic rings. The number of halogens is 3. The third-order valence-electron chi connectivity index (χ3n) is 0.666. The van der Waals surface area contributed by atoms with E-state index < -0.39 is 4.83 Å². The molecule has 0 amide bonds. The van der Waals surface area contributed by atoms with E-state index >= 15 is 0 Å². The van der Waals surface area contributed by atoms with Crippen LogP contribution in [-0.4, -0.2) is 10.6 Å². The van der Waals surface area contributed by atoms with Crippen LogP contribution >= 0.6 is 27.7 Å². The predicted molar refractivity (Wildman–Crippen MR) is 45.4 cm³/mol. The maximum absolute atomic E-state index is 12.0. The van der Waals surface area contributed by atoms with Gasteiger partial charge in [0.15, 0.2) is 0 Å². The SMILES string of the molecule is C[CH]SC/C=C/C(F)(F)Br. The summed E-state index contributed by atoms with van der Waals surface area (Å²) in [4.78, 5) is -2.85. The Hall–Kier alpha value is 0.430. The number of alkyl halides is 3. The molecule has 0 spiro atoms. The lowest BCUT2D eigenvalue weighted by Gasteiger charge is -1.98. The summed E-state index contributed by atoms with van der Waals surface area (Å²) in [6.07, 6.45) is 2.27. The molecule has 0 heterocycles. The van der Waals surface area contributed by atoms with E-state index in [4.69, 9.17) is 0 Å². The molecule has 0 aromatic heterocycles. The normalized spacial score (nSPS) is 12.8. The first-order valence-electron chi connectivity index (χ1n) is 2.70. The number of hydrogen-bond acceptors (Lipinski definition) is 1. The molecule has 0 aliphatic heterocycles. The molecular weight excluding hydrogens is 222 g/mol. The first kappa shape index (κ1) is 10.4. The van der Waals surface area contributed by atoms with Crippen molar-refractivity contribution in [2.24, 2.45) is 0 Å². The second-order valence-corrected chi connectivity index (χ2v) is 3.71. The van der Waals surface area contributed by atoms with Crippen molar-refractivity contribution in [2.45, 2.75) is 11.8 Å². The van der Waals surface area contributed by atoms with E-state index in [0.717, 1.165) is 6.08 Å². The van der Waals surface area contributed by atoms with E-state index in [-0.39, 0.29) is 0 Å². The summed E-state index contributed by atoms with van der Waals surface area (Å²) >= 11 is 3.67. The van der Waals surface area contributed by atoms with Gasteiger partial charge in [-0.05, 0) is 22.0 Å². The van der Waals surface area contributed by atoms with Gasteiger partial charge in [0.1, 0.15) is 0 Å². The molecule has 0 aliphatic carbocycles. The Labute approximate surface area is 72.2 Å². The number of rotatable bonds is 4. The van der Waals surface area contributed by atoms with Crippen molar-refractivity contribution in [3.05, 3.63) is 17.9 Å². The lowest BCUT2D eigenvalue weighted by Crippen LogP contribution is -1.97. The Bertz CT molecular complexity index is 109. The molecule has 0 saturated heterocycles. The minimum Gasteiger partial charge on any atom is -0.189 e. The molecule has 0 fully saturated rings. The van der Waals surface area contributed by atoms with E-state index in [9.17, 15) is 8.78 Å². The van der Waals surface area contributed by atoms with Gasteiger partial charge in [-0.25, -0.2) is 0 Å². The molecule has 10 heavy (non-hydrogen) atoms. The van der Waals surface area contributed by atoms with Crippen LogP contribution in [0.3, 0.4) is 0 Å². The highest BCUT2D eigenvalue weighted by Crippen LogP contribution is 2.23. The molecule has 0 nitrogen and oxygen atoms in total. The highest BCUT2D eigenvalue weighted by molar-refractivity contribution is 9.10. The van der Waals surface area contributed by atoms with Crippen molar-refractivity contribution in [1.29, 1.82) is 0 Å². The van der Waals surface area contributed by atoms with Gasteiger partial charge in [0.05, 0.1) is 0 Å². The molecule has 0 aliphatic rings. The Morgan fingerprint density at radius 1 is 1.60 bits per heavy atom. The van der Waals surface area contributed by atoms with Crippen LogP contribution in [0.5, 0.6) is 0 Å². The van der Waals surface area contributed by atoms with Crippen LogP contribution in [-0.2, 0) is 0 Å². The van der Waals surface area contributed by atoms with E-state index in [1.54, 1.807) is 0 Å². The molecular formula is C6H8BrF2S. The van der Waals surface area contributed by atoms with E-state index in [2.05, 4.69) is 15.9 Å². The fraction of sp³-hybridized carbons (Fsp3) is 0.500. The molecule has 4 heteroatoms. The molecule has 0 N–H and O–H groups in total. The zero-order valence-electron chi connectivity index (χ0n) is 5.48. The van der Waals surface area contributed by atoms with Crippen LogP contribution < -0.4 is 0 Å². The van der Waals surface area contributed by atoms with Crippen molar-refractivity contribution >= 4 is 27.7 Å². The van der Waals surface area contributed by atoms with Crippen molar-refractivity contribution in [3.8, 4) is 0 Å². The molecule has 0 unspecified atom stereocenters. The summed E-state index contributed by atoms with van der Waals surface area (Å²) in [6, 6.07) is 0. The monoisotopic (exact) mass is 229 g/mol. The summed E-state index contributed by atoms with van der Waals surface area (Å²) in [5.74, 6) is 2.45. The fourth-order valence-corrected chi connectivity index (χ4v) is 0.920. The second-order valence-electron chi connectivity index (χ2n) is 1.51. The Morgan fingerprint density at radius 2 is 2.20 bits per heavy atom. The topological polar surface area (TPSA) is 0 Å². The van der Waals surface area contributed by atoms with Gasteiger partial charge >= 0.3 is 4.83 Å². The highest BCUT2D eigenvalue weighted by atomic mass is 79.9. The zero-order chi connectivity index (χ0) is 8.04. The molecule has 0 aromatic carbocycles. The van der Waals surface area contributed by atoms with Crippen molar-refractivity contribution in [3.63, 3.8) is 0 Å².